The lowest BCUT2D eigenvalue weighted by molar-refractivity contribution is 0.412. The van der Waals surface area contributed by atoms with Crippen LogP contribution in [0, 0.1) is 0 Å². The molecule has 0 radical (unpaired) electrons. The van der Waals surface area contributed by atoms with Crippen LogP contribution < -0.4 is 4.74 Å². The lowest BCUT2D eigenvalue weighted by Gasteiger charge is -2.18. The average Bonchev–Trinajstić information content (AvgIpc) is 2.29. The van der Waals surface area contributed by atoms with E-state index in [0.29, 0.717) is 0 Å². The quantitative estimate of drug-likeness (QED) is 0.718. The topological polar surface area (TPSA) is 22.1 Å². The fourth-order valence-electron chi connectivity index (χ4n) is 1.90. The minimum absolute atomic E-state index is 0.152. The minimum Gasteiger partial charge on any atom is -0.496 e. The maximum Gasteiger partial charge on any atom is 0.129 e. The molecule has 1 heterocycles. The van der Waals surface area contributed by atoms with Crippen molar-refractivity contribution in [3.05, 3.63) is 30.1 Å². The van der Waals surface area contributed by atoms with Crippen LogP contribution in [0.5, 0.6) is 5.75 Å². The third-order valence-corrected chi connectivity index (χ3v) is 3.00. The van der Waals surface area contributed by atoms with Gasteiger partial charge in [-0.1, -0.05) is 6.08 Å². The molecule has 0 fully saturated rings. The lowest BCUT2D eigenvalue weighted by Crippen LogP contribution is -2.04. The highest BCUT2D eigenvalue weighted by atomic mass is 35.5. The summed E-state index contributed by atoms with van der Waals surface area (Å²) >= 11 is 6.12. The summed E-state index contributed by atoms with van der Waals surface area (Å²) in [6, 6.07) is 1.88. The summed E-state index contributed by atoms with van der Waals surface area (Å²) < 4.78 is 5.31. The van der Waals surface area contributed by atoms with Gasteiger partial charge >= 0.3 is 0 Å². The van der Waals surface area contributed by atoms with Gasteiger partial charge in [-0.3, -0.25) is 4.98 Å². The van der Waals surface area contributed by atoms with Crippen molar-refractivity contribution in [3.8, 4) is 5.75 Å². The summed E-state index contributed by atoms with van der Waals surface area (Å²) in [5, 5.41) is 0.152. The van der Waals surface area contributed by atoms with Crippen LogP contribution in [-0.2, 0) is 0 Å². The number of hydrogen-bond acceptors (Lipinski definition) is 2. The molecule has 1 atom stereocenters. The van der Waals surface area contributed by atoms with Crippen LogP contribution in [-0.4, -0.2) is 17.5 Å². The fraction of sp³-hybridized carbons (Fsp3) is 0.417. The van der Waals surface area contributed by atoms with Gasteiger partial charge in [0.15, 0.2) is 0 Å². The second-order valence-corrected chi connectivity index (χ2v) is 4.24. The molecule has 0 saturated heterocycles. The van der Waals surface area contributed by atoms with Crippen LogP contribution >= 0.6 is 11.6 Å². The summed E-state index contributed by atoms with van der Waals surface area (Å²) in [6.45, 7) is 0. The van der Waals surface area contributed by atoms with Crippen LogP contribution in [0.25, 0.3) is 5.57 Å². The molecule has 0 bridgehead atoms. The van der Waals surface area contributed by atoms with Crippen LogP contribution in [0.4, 0.5) is 0 Å². The first-order valence-electron chi connectivity index (χ1n) is 5.14. The zero-order valence-corrected chi connectivity index (χ0v) is 9.50. The highest BCUT2D eigenvalue weighted by Gasteiger charge is 2.15. The van der Waals surface area contributed by atoms with Gasteiger partial charge in [0.25, 0.3) is 0 Å². The normalized spacial score (nSPS) is 20.9. The molecule has 0 aliphatic heterocycles. The third-order valence-electron chi connectivity index (χ3n) is 2.65. The van der Waals surface area contributed by atoms with Crippen LogP contribution in [0.2, 0.25) is 0 Å². The Morgan fingerprint density at radius 1 is 1.53 bits per heavy atom. The van der Waals surface area contributed by atoms with Crippen molar-refractivity contribution in [1.82, 2.24) is 4.98 Å². The Kier molecular flexibility index (Phi) is 3.27. The Morgan fingerprint density at radius 2 is 2.40 bits per heavy atom. The maximum absolute atomic E-state index is 6.12. The van der Waals surface area contributed by atoms with Gasteiger partial charge in [0.2, 0.25) is 0 Å². The van der Waals surface area contributed by atoms with E-state index >= 15 is 0 Å². The predicted octanol–water partition coefficient (Wildman–Crippen LogP) is 3.26. The lowest BCUT2D eigenvalue weighted by atomic mass is 9.94. The number of aromatic nitrogens is 1. The SMILES string of the molecule is COc1ccncc1C1=CC(Cl)CCC1. The summed E-state index contributed by atoms with van der Waals surface area (Å²) in [6.07, 6.45) is 8.96. The maximum atomic E-state index is 6.12. The van der Waals surface area contributed by atoms with Crippen molar-refractivity contribution in [2.75, 3.05) is 7.11 Å². The highest BCUT2D eigenvalue weighted by Crippen LogP contribution is 2.33. The Morgan fingerprint density at radius 3 is 3.13 bits per heavy atom. The van der Waals surface area contributed by atoms with Crippen molar-refractivity contribution >= 4 is 17.2 Å². The van der Waals surface area contributed by atoms with E-state index in [2.05, 4.69) is 11.1 Å². The van der Waals surface area contributed by atoms with Crippen LogP contribution in [0.1, 0.15) is 24.8 Å². The molecular formula is C12H14ClNO. The van der Waals surface area contributed by atoms with Crippen LogP contribution in [0.3, 0.4) is 0 Å². The summed E-state index contributed by atoms with van der Waals surface area (Å²) in [7, 11) is 1.68. The van der Waals surface area contributed by atoms with Gasteiger partial charge in [-0.25, -0.2) is 0 Å². The molecule has 1 aromatic heterocycles. The Bertz CT molecular complexity index is 376. The first-order chi connectivity index (χ1) is 7.31. The monoisotopic (exact) mass is 223 g/mol. The van der Waals surface area contributed by atoms with Crippen LogP contribution in [0.15, 0.2) is 24.5 Å². The summed E-state index contributed by atoms with van der Waals surface area (Å²) in [5.74, 6) is 0.877. The standard InChI is InChI=1S/C12H14ClNO/c1-15-12-5-6-14-8-11(12)9-3-2-4-10(13)7-9/h5-8,10H,2-4H2,1H3. The molecule has 0 amide bonds. The molecule has 2 nitrogen and oxygen atoms in total. The van der Waals surface area contributed by atoms with E-state index in [1.807, 2.05) is 12.3 Å². The fourth-order valence-corrected chi connectivity index (χ4v) is 2.20. The molecule has 15 heavy (non-hydrogen) atoms. The number of methoxy groups -OCH3 is 1. The van der Waals surface area contributed by atoms with E-state index < -0.39 is 0 Å². The molecule has 2 rings (SSSR count). The Hall–Kier alpha value is -1.02. The van der Waals surface area contributed by atoms with E-state index in [9.17, 15) is 0 Å². The number of ether oxygens (including phenoxy) is 1. The van der Waals surface area contributed by atoms with Crippen molar-refractivity contribution < 1.29 is 4.74 Å². The number of halogens is 1. The van der Waals surface area contributed by atoms with Crippen molar-refractivity contribution in [2.24, 2.45) is 0 Å². The molecule has 1 unspecified atom stereocenters. The van der Waals surface area contributed by atoms with E-state index in [4.69, 9.17) is 16.3 Å². The summed E-state index contributed by atoms with van der Waals surface area (Å²) in [5.41, 5.74) is 2.33. The number of rotatable bonds is 2. The number of pyridine rings is 1. The van der Waals surface area contributed by atoms with E-state index in [-0.39, 0.29) is 5.38 Å². The predicted molar refractivity (Wildman–Crippen MR) is 62.3 cm³/mol. The van der Waals surface area contributed by atoms with E-state index in [0.717, 1.165) is 30.6 Å². The number of allylic oxidation sites excluding steroid dienone is 2. The van der Waals surface area contributed by atoms with E-state index in [1.165, 1.54) is 5.57 Å². The summed E-state index contributed by atoms with van der Waals surface area (Å²) in [4.78, 5) is 4.13. The molecule has 0 spiro atoms. The largest absolute Gasteiger partial charge is 0.496 e. The van der Waals surface area contributed by atoms with Gasteiger partial charge in [-0.05, 0) is 30.9 Å². The van der Waals surface area contributed by atoms with Gasteiger partial charge in [-0.15, -0.1) is 11.6 Å². The first-order valence-corrected chi connectivity index (χ1v) is 5.58. The number of nitrogens with zero attached hydrogens (tertiary/aromatic N) is 1. The van der Waals surface area contributed by atoms with Gasteiger partial charge in [0.05, 0.1) is 12.5 Å². The van der Waals surface area contributed by atoms with Gasteiger partial charge in [-0.2, -0.15) is 0 Å². The number of alkyl halides is 1. The molecule has 1 aromatic rings. The van der Waals surface area contributed by atoms with E-state index in [1.54, 1.807) is 13.3 Å². The zero-order valence-electron chi connectivity index (χ0n) is 8.74. The van der Waals surface area contributed by atoms with Crippen molar-refractivity contribution in [1.29, 1.82) is 0 Å². The second-order valence-electron chi connectivity index (χ2n) is 3.68. The van der Waals surface area contributed by atoms with Crippen molar-refractivity contribution in [3.63, 3.8) is 0 Å². The molecule has 0 aromatic carbocycles. The minimum atomic E-state index is 0.152. The Balaban J connectivity index is 2.36. The van der Waals surface area contributed by atoms with Gasteiger partial charge in [0, 0.05) is 18.0 Å². The number of hydrogen-bond donors (Lipinski definition) is 0. The molecule has 0 saturated carbocycles. The highest BCUT2D eigenvalue weighted by molar-refractivity contribution is 6.22. The zero-order chi connectivity index (χ0) is 10.7. The third kappa shape index (κ3) is 2.32. The second kappa shape index (κ2) is 4.67. The molecule has 3 heteroatoms. The smallest absolute Gasteiger partial charge is 0.129 e. The molecule has 1 aliphatic rings. The molecular weight excluding hydrogens is 210 g/mol. The van der Waals surface area contributed by atoms with Crippen molar-refractivity contribution in [2.45, 2.75) is 24.6 Å². The molecule has 0 N–H and O–H groups in total. The Labute approximate surface area is 94.9 Å². The van der Waals surface area contributed by atoms with Gasteiger partial charge in [0.1, 0.15) is 5.75 Å². The molecule has 80 valence electrons. The average molecular weight is 224 g/mol. The molecule has 1 aliphatic carbocycles. The first kappa shape index (κ1) is 10.5. The van der Waals surface area contributed by atoms with Gasteiger partial charge < -0.3 is 4.74 Å².